The van der Waals surface area contributed by atoms with Gasteiger partial charge in [0.15, 0.2) is 6.10 Å². The van der Waals surface area contributed by atoms with E-state index in [9.17, 15) is 9.59 Å². The van der Waals surface area contributed by atoms with E-state index in [0.717, 1.165) is 16.9 Å². The second-order valence-corrected chi connectivity index (χ2v) is 6.01. The van der Waals surface area contributed by atoms with E-state index in [0.29, 0.717) is 18.7 Å². The SMILES string of the molecule is COc1ccc(CCNC(=O)[C@H](C)Oc2cc(C)ccc2C(N)=O)cc1. The number of benzene rings is 2. The zero-order chi connectivity index (χ0) is 19.1. The van der Waals surface area contributed by atoms with E-state index >= 15 is 0 Å². The van der Waals surface area contributed by atoms with Crippen LogP contribution in [0, 0.1) is 6.92 Å². The van der Waals surface area contributed by atoms with Crippen molar-refractivity contribution in [1.29, 1.82) is 0 Å². The molecule has 0 spiro atoms. The fraction of sp³-hybridized carbons (Fsp3) is 0.300. The van der Waals surface area contributed by atoms with E-state index in [1.54, 1.807) is 32.2 Å². The van der Waals surface area contributed by atoms with E-state index in [1.165, 1.54) is 0 Å². The van der Waals surface area contributed by atoms with Gasteiger partial charge in [0.1, 0.15) is 11.5 Å². The number of methoxy groups -OCH3 is 1. The Bertz CT molecular complexity index is 772. The van der Waals surface area contributed by atoms with E-state index < -0.39 is 12.0 Å². The molecule has 0 saturated carbocycles. The largest absolute Gasteiger partial charge is 0.497 e. The van der Waals surface area contributed by atoms with Crippen LogP contribution in [0.2, 0.25) is 0 Å². The standard InChI is InChI=1S/C20H24N2O4/c1-13-4-9-17(19(21)23)18(12-13)26-14(2)20(24)22-11-10-15-5-7-16(25-3)8-6-15/h4-9,12,14H,10-11H2,1-3H3,(H2,21,23)(H,22,24)/t14-/m0/s1. The number of hydrogen-bond donors (Lipinski definition) is 2. The number of hydrogen-bond acceptors (Lipinski definition) is 4. The van der Waals surface area contributed by atoms with Gasteiger partial charge < -0.3 is 20.5 Å². The molecule has 2 amide bonds. The van der Waals surface area contributed by atoms with Crippen molar-refractivity contribution in [3.8, 4) is 11.5 Å². The van der Waals surface area contributed by atoms with Crippen LogP contribution < -0.4 is 20.5 Å². The molecule has 0 saturated heterocycles. The van der Waals surface area contributed by atoms with Crippen molar-refractivity contribution in [3.05, 3.63) is 59.2 Å². The Kier molecular flexibility index (Phi) is 6.60. The second-order valence-electron chi connectivity index (χ2n) is 6.01. The maximum Gasteiger partial charge on any atom is 0.260 e. The lowest BCUT2D eigenvalue weighted by atomic mass is 10.1. The van der Waals surface area contributed by atoms with E-state index in [2.05, 4.69) is 5.32 Å². The van der Waals surface area contributed by atoms with E-state index in [4.69, 9.17) is 15.2 Å². The van der Waals surface area contributed by atoms with Crippen LogP contribution >= 0.6 is 0 Å². The number of nitrogens with one attached hydrogen (secondary N) is 1. The summed E-state index contributed by atoms with van der Waals surface area (Å²) in [6.45, 7) is 3.99. The molecule has 138 valence electrons. The minimum atomic E-state index is -0.745. The third-order valence-electron chi connectivity index (χ3n) is 3.95. The van der Waals surface area contributed by atoms with Crippen molar-refractivity contribution in [3.63, 3.8) is 0 Å². The lowest BCUT2D eigenvalue weighted by molar-refractivity contribution is -0.127. The first-order chi connectivity index (χ1) is 12.4. The Morgan fingerprint density at radius 2 is 1.85 bits per heavy atom. The Labute approximate surface area is 153 Å². The van der Waals surface area contributed by atoms with Gasteiger partial charge in [-0.15, -0.1) is 0 Å². The number of ether oxygens (including phenoxy) is 2. The maximum atomic E-state index is 12.2. The Hall–Kier alpha value is -3.02. The van der Waals surface area contributed by atoms with Crippen LogP contribution in [-0.4, -0.2) is 31.6 Å². The summed E-state index contributed by atoms with van der Waals surface area (Å²) >= 11 is 0. The number of primary amides is 1. The van der Waals surface area contributed by atoms with Gasteiger partial charge in [0.2, 0.25) is 0 Å². The molecule has 0 aliphatic carbocycles. The predicted octanol–water partition coefficient (Wildman–Crippen LogP) is 2.23. The lowest BCUT2D eigenvalue weighted by Crippen LogP contribution is -2.37. The van der Waals surface area contributed by atoms with Crippen LogP contribution in [0.15, 0.2) is 42.5 Å². The molecule has 0 bridgehead atoms. The number of aryl methyl sites for hydroxylation is 1. The topological polar surface area (TPSA) is 90.7 Å². The highest BCUT2D eigenvalue weighted by Gasteiger charge is 2.18. The molecule has 0 heterocycles. The Balaban J connectivity index is 1.89. The first-order valence-electron chi connectivity index (χ1n) is 8.38. The van der Waals surface area contributed by atoms with Gasteiger partial charge in [-0.1, -0.05) is 18.2 Å². The van der Waals surface area contributed by atoms with Crippen molar-refractivity contribution in [1.82, 2.24) is 5.32 Å². The molecule has 0 aromatic heterocycles. The van der Waals surface area contributed by atoms with Crippen LogP contribution in [0.1, 0.15) is 28.4 Å². The number of amides is 2. The van der Waals surface area contributed by atoms with Gasteiger partial charge in [0, 0.05) is 6.54 Å². The normalized spacial score (nSPS) is 11.5. The first kappa shape index (κ1) is 19.3. The predicted molar refractivity (Wildman–Crippen MR) is 99.5 cm³/mol. The molecular formula is C20H24N2O4. The summed E-state index contributed by atoms with van der Waals surface area (Å²) in [7, 11) is 1.62. The minimum absolute atomic E-state index is 0.254. The van der Waals surface area contributed by atoms with Crippen LogP contribution in [-0.2, 0) is 11.2 Å². The molecule has 6 nitrogen and oxygen atoms in total. The molecular weight excluding hydrogens is 332 g/mol. The first-order valence-corrected chi connectivity index (χ1v) is 8.38. The van der Waals surface area contributed by atoms with Crippen molar-refractivity contribution in [2.24, 2.45) is 5.73 Å². The van der Waals surface area contributed by atoms with Crippen molar-refractivity contribution >= 4 is 11.8 Å². The van der Waals surface area contributed by atoms with Crippen LogP contribution in [0.5, 0.6) is 11.5 Å². The summed E-state index contributed by atoms with van der Waals surface area (Å²) in [6, 6.07) is 12.7. The van der Waals surface area contributed by atoms with Gasteiger partial charge >= 0.3 is 0 Å². The number of rotatable bonds is 8. The number of nitrogens with two attached hydrogens (primary N) is 1. The van der Waals surface area contributed by atoms with Gasteiger partial charge in [-0.3, -0.25) is 9.59 Å². The number of carbonyl (C=O) groups excluding carboxylic acids is 2. The monoisotopic (exact) mass is 356 g/mol. The van der Waals surface area contributed by atoms with Crippen LogP contribution in [0.3, 0.4) is 0 Å². The van der Waals surface area contributed by atoms with Crippen molar-refractivity contribution < 1.29 is 19.1 Å². The number of carbonyl (C=O) groups is 2. The molecule has 2 aromatic carbocycles. The molecule has 26 heavy (non-hydrogen) atoms. The van der Waals surface area contributed by atoms with Crippen LogP contribution in [0.25, 0.3) is 0 Å². The highest BCUT2D eigenvalue weighted by atomic mass is 16.5. The second kappa shape index (κ2) is 8.89. The zero-order valence-corrected chi connectivity index (χ0v) is 15.2. The highest BCUT2D eigenvalue weighted by molar-refractivity contribution is 5.95. The summed E-state index contributed by atoms with van der Waals surface area (Å²) in [4.78, 5) is 23.7. The van der Waals surface area contributed by atoms with Gasteiger partial charge in [-0.25, -0.2) is 0 Å². The summed E-state index contributed by atoms with van der Waals surface area (Å²) in [5, 5.41) is 2.83. The third kappa shape index (κ3) is 5.24. The molecule has 3 N–H and O–H groups in total. The summed E-state index contributed by atoms with van der Waals surface area (Å²) in [5.74, 6) is 0.265. The maximum absolute atomic E-state index is 12.2. The molecule has 0 aliphatic rings. The van der Waals surface area contributed by atoms with Gasteiger partial charge in [0.25, 0.3) is 11.8 Å². The molecule has 2 rings (SSSR count). The quantitative estimate of drug-likeness (QED) is 0.759. The molecule has 0 fully saturated rings. The highest BCUT2D eigenvalue weighted by Crippen LogP contribution is 2.21. The smallest absolute Gasteiger partial charge is 0.260 e. The zero-order valence-electron chi connectivity index (χ0n) is 15.2. The molecule has 2 aromatic rings. The Morgan fingerprint density at radius 1 is 1.15 bits per heavy atom. The average molecular weight is 356 g/mol. The van der Waals surface area contributed by atoms with E-state index in [-0.39, 0.29) is 11.5 Å². The summed E-state index contributed by atoms with van der Waals surface area (Å²) in [5.41, 5.74) is 7.62. The van der Waals surface area contributed by atoms with Crippen LogP contribution in [0.4, 0.5) is 0 Å². The van der Waals surface area contributed by atoms with Gasteiger partial charge in [-0.05, 0) is 55.7 Å². The fourth-order valence-electron chi connectivity index (χ4n) is 2.44. The molecule has 0 radical (unpaired) electrons. The fourth-order valence-corrected chi connectivity index (χ4v) is 2.44. The molecule has 0 unspecified atom stereocenters. The minimum Gasteiger partial charge on any atom is -0.497 e. The summed E-state index contributed by atoms with van der Waals surface area (Å²) in [6.07, 6.45) is -0.0508. The molecule has 0 aliphatic heterocycles. The average Bonchev–Trinajstić information content (AvgIpc) is 2.62. The van der Waals surface area contributed by atoms with Gasteiger partial charge in [-0.2, -0.15) is 0 Å². The van der Waals surface area contributed by atoms with Crippen molar-refractivity contribution in [2.45, 2.75) is 26.4 Å². The lowest BCUT2D eigenvalue weighted by Gasteiger charge is -2.17. The Morgan fingerprint density at radius 3 is 2.46 bits per heavy atom. The van der Waals surface area contributed by atoms with Crippen molar-refractivity contribution in [2.75, 3.05) is 13.7 Å². The van der Waals surface area contributed by atoms with Gasteiger partial charge in [0.05, 0.1) is 12.7 Å². The summed E-state index contributed by atoms with van der Waals surface area (Å²) < 4.78 is 10.8. The molecule has 1 atom stereocenters. The van der Waals surface area contributed by atoms with E-state index in [1.807, 2.05) is 31.2 Å². The molecule has 6 heteroatoms. The third-order valence-corrected chi connectivity index (χ3v) is 3.95.